The molecule has 0 spiro atoms. The van der Waals surface area contributed by atoms with E-state index in [9.17, 15) is 22.0 Å². The molecular weight excluding hydrogens is 338 g/mol. The summed E-state index contributed by atoms with van der Waals surface area (Å²) in [5.74, 6) is -2.01. The van der Waals surface area contributed by atoms with Crippen molar-refractivity contribution in [2.24, 2.45) is 0 Å². The largest absolute Gasteiger partial charge is 0.331 e. The van der Waals surface area contributed by atoms with Gasteiger partial charge in [0.25, 0.3) is 0 Å². The van der Waals surface area contributed by atoms with E-state index >= 15 is 0 Å². The van der Waals surface area contributed by atoms with Crippen molar-refractivity contribution in [2.45, 2.75) is 38.0 Å². The SMILES string of the molecule is C[C@H](NC(=O)N1CCC(C)(C)S(=O)(=O)CC1)c1ccc(F)c(F)c1. The van der Waals surface area contributed by atoms with Crippen LogP contribution >= 0.6 is 0 Å². The minimum Gasteiger partial charge on any atom is -0.331 e. The van der Waals surface area contributed by atoms with Gasteiger partial charge in [-0.05, 0) is 44.9 Å². The molecule has 1 atom stereocenters. The summed E-state index contributed by atoms with van der Waals surface area (Å²) in [5, 5.41) is 2.70. The summed E-state index contributed by atoms with van der Waals surface area (Å²) in [6.07, 6.45) is 0.350. The van der Waals surface area contributed by atoms with Crippen LogP contribution in [0.5, 0.6) is 0 Å². The third-order valence-electron chi connectivity index (χ3n) is 4.53. The number of hydrogen-bond donors (Lipinski definition) is 1. The standard InChI is InChI=1S/C16H22F2N2O3S/c1-11(12-4-5-13(17)14(18)10-12)19-15(21)20-7-6-16(2,3)24(22,23)9-8-20/h4-5,10-11H,6-9H2,1-3H3,(H,19,21)/t11-/m0/s1. The molecule has 0 radical (unpaired) electrons. The fourth-order valence-corrected chi connectivity index (χ4v) is 3.94. The first kappa shape index (κ1) is 18.6. The van der Waals surface area contributed by atoms with Gasteiger partial charge in [0.2, 0.25) is 0 Å². The van der Waals surface area contributed by atoms with Crippen LogP contribution in [0.25, 0.3) is 0 Å². The fraction of sp³-hybridized carbons (Fsp3) is 0.562. The molecular formula is C16H22F2N2O3S. The quantitative estimate of drug-likeness (QED) is 0.882. The first-order valence-corrected chi connectivity index (χ1v) is 9.41. The molecule has 2 rings (SSSR count). The molecule has 1 fully saturated rings. The molecule has 1 aliphatic heterocycles. The van der Waals surface area contributed by atoms with Gasteiger partial charge in [0.05, 0.1) is 16.5 Å². The van der Waals surface area contributed by atoms with E-state index in [4.69, 9.17) is 0 Å². The lowest BCUT2D eigenvalue weighted by molar-refractivity contribution is 0.197. The molecule has 1 aliphatic rings. The average Bonchev–Trinajstić information content (AvgIpc) is 2.59. The van der Waals surface area contributed by atoms with Crippen molar-refractivity contribution in [2.75, 3.05) is 18.8 Å². The van der Waals surface area contributed by atoms with Crippen LogP contribution in [-0.4, -0.2) is 42.9 Å². The minimum absolute atomic E-state index is 0.0903. The number of sulfone groups is 1. The molecule has 1 N–H and O–H groups in total. The summed E-state index contributed by atoms with van der Waals surface area (Å²) in [4.78, 5) is 13.8. The molecule has 0 bridgehead atoms. The van der Waals surface area contributed by atoms with Crippen LogP contribution in [0.1, 0.15) is 38.8 Å². The molecule has 0 saturated carbocycles. The highest BCUT2D eigenvalue weighted by Gasteiger charge is 2.38. The maximum atomic E-state index is 13.3. The maximum absolute atomic E-state index is 13.3. The second kappa shape index (κ2) is 6.66. The van der Waals surface area contributed by atoms with Crippen LogP contribution in [0.3, 0.4) is 0 Å². The van der Waals surface area contributed by atoms with Gasteiger partial charge in [-0.25, -0.2) is 22.0 Å². The van der Waals surface area contributed by atoms with Crippen molar-refractivity contribution in [1.82, 2.24) is 10.2 Å². The lowest BCUT2D eigenvalue weighted by Crippen LogP contribution is -2.42. The van der Waals surface area contributed by atoms with E-state index in [2.05, 4.69) is 5.32 Å². The molecule has 1 heterocycles. The second-order valence-electron chi connectivity index (χ2n) is 6.66. The van der Waals surface area contributed by atoms with Crippen molar-refractivity contribution in [1.29, 1.82) is 0 Å². The number of hydrogen-bond acceptors (Lipinski definition) is 3. The summed E-state index contributed by atoms with van der Waals surface area (Å²) in [7, 11) is -3.27. The molecule has 0 aromatic heterocycles. The van der Waals surface area contributed by atoms with Crippen molar-refractivity contribution < 1.29 is 22.0 Å². The third-order valence-corrected chi connectivity index (χ3v) is 7.13. The Balaban J connectivity index is 2.05. The smallest absolute Gasteiger partial charge is 0.317 e. The first-order chi connectivity index (χ1) is 11.0. The Kier molecular flexibility index (Phi) is 5.17. The average molecular weight is 360 g/mol. The van der Waals surface area contributed by atoms with E-state index in [1.54, 1.807) is 20.8 Å². The molecule has 134 valence electrons. The molecule has 1 aromatic carbocycles. The van der Waals surface area contributed by atoms with Crippen LogP contribution < -0.4 is 5.32 Å². The van der Waals surface area contributed by atoms with Gasteiger partial charge >= 0.3 is 6.03 Å². The zero-order valence-electron chi connectivity index (χ0n) is 14.0. The number of amides is 2. The van der Waals surface area contributed by atoms with Crippen LogP contribution in [-0.2, 0) is 9.84 Å². The summed E-state index contributed by atoms with van der Waals surface area (Å²) in [5.41, 5.74) is 0.435. The van der Waals surface area contributed by atoms with Crippen LogP contribution in [0.4, 0.5) is 13.6 Å². The molecule has 0 aliphatic carbocycles. The predicted molar refractivity (Wildman–Crippen MR) is 87.4 cm³/mol. The Morgan fingerprint density at radius 2 is 1.92 bits per heavy atom. The normalized spacial score (nSPS) is 21.0. The Bertz CT molecular complexity index is 735. The highest BCUT2D eigenvalue weighted by Crippen LogP contribution is 2.25. The van der Waals surface area contributed by atoms with Gasteiger partial charge in [0, 0.05) is 13.1 Å². The Morgan fingerprint density at radius 3 is 2.54 bits per heavy atom. The summed E-state index contributed by atoms with van der Waals surface area (Å²) in [6, 6.07) is 2.50. The van der Waals surface area contributed by atoms with Crippen LogP contribution in [0.15, 0.2) is 18.2 Å². The highest BCUT2D eigenvalue weighted by molar-refractivity contribution is 7.92. The van der Waals surface area contributed by atoms with Gasteiger partial charge in [0.15, 0.2) is 21.5 Å². The van der Waals surface area contributed by atoms with Gasteiger partial charge in [-0.2, -0.15) is 0 Å². The number of nitrogens with one attached hydrogen (secondary N) is 1. The summed E-state index contributed by atoms with van der Waals surface area (Å²) in [6.45, 7) is 5.41. The monoisotopic (exact) mass is 360 g/mol. The Morgan fingerprint density at radius 1 is 1.25 bits per heavy atom. The van der Waals surface area contributed by atoms with E-state index in [0.29, 0.717) is 18.5 Å². The van der Waals surface area contributed by atoms with Gasteiger partial charge in [-0.15, -0.1) is 0 Å². The third kappa shape index (κ3) is 3.85. The fourth-order valence-electron chi connectivity index (χ4n) is 2.52. The molecule has 5 nitrogen and oxygen atoms in total. The molecule has 1 aromatic rings. The van der Waals surface area contributed by atoms with Gasteiger partial charge in [-0.3, -0.25) is 0 Å². The lowest BCUT2D eigenvalue weighted by atomic mass is 10.1. The lowest BCUT2D eigenvalue weighted by Gasteiger charge is -2.24. The van der Waals surface area contributed by atoms with Gasteiger partial charge in [-0.1, -0.05) is 6.07 Å². The minimum atomic E-state index is -3.27. The molecule has 0 unspecified atom stereocenters. The van der Waals surface area contributed by atoms with E-state index in [-0.39, 0.29) is 12.3 Å². The molecule has 24 heavy (non-hydrogen) atoms. The van der Waals surface area contributed by atoms with E-state index < -0.39 is 38.3 Å². The molecule has 8 heteroatoms. The van der Waals surface area contributed by atoms with Crippen molar-refractivity contribution >= 4 is 15.9 Å². The Hall–Kier alpha value is -1.70. The topological polar surface area (TPSA) is 66.5 Å². The highest BCUT2D eigenvalue weighted by atomic mass is 32.2. The number of halogens is 2. The van der Waals surface area contributed by atoms with Crippen molar-refractivity contribution in [3.05, 3.63) is 35.4 Å². The number of carbonyl (C=O) groups is 1. The number of benzene rings is 1. The van der Waals surface area contributed by atoms with Gasteiger partial charge < -0.3 is 10.2 Å². The van der Waals surface area contributed by atoms with E-state index in [0.717, 1.165) is 12.1 Å². The zero-order chi connectivity index (χ0) is 18.1. The number of nitrogens with zero attached hydrogens (tertiary/aromatic N) is 1. The Labute approximate surface area is 141 Å². The maximum Gasteiger partial charge on any atom is 0.317 e. The second-order valence-corrected chi connectivity index (χ2v) is 9.40. The van der Waals surface area contributed by atoms with Crippen molar-refractivity contribution in [3.8, 4) is 0 Å². The molecule has 1 saturated heterocycles. The number of carbonyl (C=O) groups excluding carboxylic acids is 1. The van der Waals surface area contributed by atoms with Gasteiger partial charge in [0.1, 0.15) is 0 Å². The van der Waals surface area contributed by atoms with Crippen LogP contribution in [0.2, 0.25) is 0 Å². The number of urea groups is 1. The van der Waals surface area contributed by atoms with Crippen molar-refractivity contribution in [3.63, 3.8) is 0 Å². The first-order valence-electron chi connectivity index (χ1n) is 7.76. The summed E-state index contributed by atoms with van der Waals surface area (Å²) < 4.78 is 49.7. The molecule has 2 amide bonds. The van der Waals surface area contributed by atoms with Crippen LogP contribution in [0, 0.1) is 11.6 Å². The van der Waals surface area contributed by atoms with E-state index in [1.165, 1.54) is 11.0 Å². The zero-order valence-corrected chi connectivity index (χ0v) is 14.8. The predicted octanol–water partition coefficient (Wildman–Crippen LogP) is 2.63. The summed E-state index contributed by atoms with van der Waals surface area (Å²) >= 11 is 0. The number of rotatable bonds is 2. The van der Waals surface area contributed by atoms with E-state index in [1.807, 2.05) is 0 Å².